The number of aromatic nitrogens is 3. The maximum Gasteiger partial charge on any atom is 0.146 e. The van der Waals surface area contributed by atoms with E-state index in [1.54, 1.807) is 6.21 Å². The molecule has 0 saturated heterocycles. The van der Waals surface area contributed by atoms with E-state index in [1.165, 1.54) is 0 Å². The van der Waals surface area contributed by atoms with Crippen LogP contribution in [0.3, 0.4) is 0 Å². The van der Waals surface area contributed by atoms with E-state index in [4.69, 9.17) is 0 Å². The third kappa shape index (κ3) is 3.07. The molecule has 0 bridgehead atoms. The fourth-order valence-electron chi connectivity index (χ4n) is 2.95. The van der Waals surface area contributed by atoms with E-state index in [-0.39, 0.29) is 0 Å². The topological polar surface area (TPSA) is 55.1 Å². The highest BCUT2D eigenvalue weighted by atomic mass is 15.3. The standard InChI is InChI=1S/C21H19N5/c1-15-19(16(2)26(25-15)18-9-4-3-5-10-18)14-22-24-21-13-12-17-8-6-7-11-20(17)23-21/h3-14H,1-2H3,(H,23,24)/b22-14+. The zero-order chi connectivity index (χ0) is 17.9. The molecule has 0 unspecified atom stereocenters. The molecule has 2 heterocycles. The average molecular weight is 341 g/mol. The van der Waals surface area contributed by atoms with Gasteiger partial charge < -0.3 is 0 Å². The second kappa shape index (κ2) is 6.80. The van der Waals surface area contributed by atoms with E-state index < -0.39 is 0 Å². The first kappa shape index (κ1) is 16.0. The average Bonchev–Trinajstić information content (AvgIpc) is 2.97. The number of aryl methyl sites for hydroxylation is 1. The van der Waals surface area contributed by atoms with Gasteiger partial charge >= 0.3 is 0 Å². The predicted molar refractivity (Wildman–Crippen MR) is 106 cm³/mol. The Hall–Kier alpha value is -3.47. The minimum absolute atomic E-state index is 0.714. The largest absolute Gasteiger partial charge is 0.261 e. The van der Waals surface area contributed by atoms with Crippen molar-refractivity contribution in [2.24, 2.45) is 5.10 Å². The smallest absolute Gasteiger partial charge is 0.146 e. The van der Waals surface area contributed by atoms with Crippen LogP contribution in [0.15, 0.2) is 71.8 Å². The van der Waals surface area contributed by atoms with Crippen LogP contribution in [0.5, 0.6) is 0 Å². The summed E-state index contributed by atoms with van der Waals surface area (Å²) >= 11 is 0. The van der Waals surface area contributed by atoms with Crippen molar-refractivity contribution in [2.75, 3.05) is 5.43 Å². The second-order valence-corrected chi connectivity index (χ2v) is 6.09. The maximum atomic E-state index is 4.63. The molecule has 5 nitrogen and oxygen atoms in total. The first-order chi connectivity index (χ1) is 12.7. The van der Waals surface area contributed by atoms with Crippen molar-refractivity contribution in [3.05, 3.63) is 83.7 Å². The number of pyridine rings is 1. The van der Waals surface area contributed by atoms with Crippen LogP contribution in [-0.2, 0) is 0 Å². The number of hydrazone groups is 1. The van der Waals surface area contributed by atoms with Crippen molar-refractivity contribution in [1.29, 1.82) is 0 Å². The molecule has 1 N–H and O–H groups in total. The Balaban J connectivity index is 1.57. The van der Waals surface area contributed by atoms with Gasteiger partial charge in [0.2, 0.25) is 0 Å². The molecular formula is C21H19N5. The zero-order valence-electron chi connectivity index (χ0n) is 14.7. The van der Waals surface area contributed by atoms with Gasteiger partial charge in [0.05, 0.1) is 28.8 Å². The Morgan fingerprint density at radius 2 is 1.69 bits per heavy atom. The fourth-order valence-corrected chi connectivity index (χ4v) is 2.95. The monoisotopic (exact) mass is 341 g/mol. The maximum absolute atomic E-state index is 4.63. The number of para-hydroxylation sites is 2. The molecule has 0 amide bonds. The van der Waals surface area contributed by atoms with E-state index >= 15 is 0 Å². The minimum atomic E-state index is 0.714. The Bertz CT molecular complexity index is 1080. The van der Waals surface area contributed by atoms with Crippen molar-refractivity contribution in [3.63, 3.8) is 0 Å². The van der Waals surface area contributed by atoms with Crippen molar-refractivity contribution in [1.82, 2.24) is 14.8 Å². The van der Waals surface area contributed by atoms with Crippen LogP contribution in [0.1, 0.15) is 17.0 Å². The molecule has 2 aromatic heterocycles. The molecule has 0 saturated carbocycles. The summed E-state index contributed by atoms with van der Waals surface area (Å²) in [5, 5.41) is 10.1. The lowest BCUT2D eigenvalue weighted by molar-refractivity contribution is 0.833. The normalized spacial score (nSPS) is 11.3. The molecule has 0 aliphatic carbocycles. The minimum Gasteiger partial charge on any atom is -0.261 e. The molecule has 128 valence electrons. The number of nitrogens with one attached hydrogen (secondary N) is 1. The van der Waals surface area contributed by atoms with Gasteiger partial charge in [0.1, 0.15) is 5.82 Å². The summed E-state index contributed by atoms with van der Waals surface area (Å²) in [7, 11) is 0. The number of nitrogens with zero attached hydrogens (tertiary/aromatic N) is 4. The zero-order valence-corrected chi connectivity index (χ0v) is 14.7. The van der Waals surface area contributed by atoms with Gasteiger partial charge in [0.15, 0.2) is 0 Å². The number of fused-ring (bicyclic) bond motifs is 1. The molecule has 2 aromatic carbocycles. The van der Waals surface area contributed by atoms with Crippen molar-refractivity contribution in [3.8, 4) is 5.69 Å². The molecule has 0 atom stereocenters. The number of hydrogen-bond acceptors (Lipinski definition) is 4. The Morgan fingerprint density at radius 3 is 2.54 bits per heavy atom. The van der Waals surface area contributed by atoms with Gasteiger partial charge in [0, 0.05) is 10.9 Å². The van der Waals surface area contributed by atoms with Crippen LogP contribution in [-0.4, -0.2) is 21.0 Å². The van der Waals surface area contributed by atoms with Crippen molar-refractivity contribution in [2.45, 2.75) is 13.8 Å². The van der Waals surface area contributed by atoms with Crippen LogP contribution in [0, 0.1) is 13.8 Å². The van der Waals surface area contributed by atoms with Gasteiger partial charge in [-0.3, -0.25) is 5.43 Å². The summed E-state index contributed by atoms with van der Waals surface area (Å²) < 4.78 is 1.94. The van der Waals surface area contributed by atoms with Crippen molar-refractivity contribution >= 4 is 22.9 Å². The highest BCUT2D eigenvalue weighted by Crippen LogP contribution is 2.17. The molecule has 0 radical (unpaired) electrons. The molecule has 0 aliphatic heterocycles. The van der Waals surface area contributed by atoms with E-state index in [1.807, 2.05) is 85.3 Å². The van der Waals surface area contributed by atoms with Crippen LogP contribution in [0.4, 0.5) is 5.82 Å². The first-order valence-electron chi connectivity index (χ1n) is 8.49. The third-order valence-corrected chi connectivity index (χ3v) is 4.32. The summed E-state index contributed by atoms with van der Waals surface area (Å²) in [5.74, 6) is 0.714. The van der Waals surface area contributed by atoms with E-state index in [0.29, 0.717) is 5.82 Å². The van der Waals surface area contributed by atoms with Gasteiger partial charge in [-0.2, -0.15) is 10.2 Å². The summed E-state index contributed by atoms with van der Waals surface area (Å²) in [6.45, 7) is 4.03. The fraction of sp³-hybridized carbons (Fsp3) is 0.0952. The van der Waals surface area contributed by atoms with Gasteiger partial charge in [-0.15, -0.1) is 0 Å². The lowest BCUT2D eigenvalue weighted by Crippen LogP contribution is -1.99. The van der Waals surface area contributed by atoms with Crippen molar-refractivity contribution < 1.29 is 0 Å². The lowest BCUT2D eigenvalue weighted by Gasteiger charge is -2.04. The Morgan fingerprint density at radius 1 is 0.923 bits per heavy atom. The molecule has 4 rings (SSSR count). The molecule has 5 heteroatoms. The lowest BCUT2D eigenvalue weighted by atomic mass is 10.2. The van der Waals surface area contributed by atoms with E-state index in [9.17, 15) is 0 Å². The molecule has 0 fully saturated rings. The number of anilines is 1. The molecule has 0 spiro atoms. The molecule has 26 heavy (non-hydrogen) atoms. The van der Waals surface area contributed by atoms with E-state index in [2.05, 4.69) is 20.6 Å². The van der Waals surface area contributed by atoms with Gasteiger partial charge in [0.25, 0.3) is 0 Å². The third-order valence-electron chi connectivity index (χ3n) is 4.32. The number of benzene rings is 2. The molecule has 4 aromatic rings. The number of hydrogen-bond donors (Lipinski definition) is 1. The summed E-state index contributed by atoms with van der Waals surface area (Å²) in [5.41, 5.74) is 7.97. The molecule has 0 aliphatic rings. The van der Waals surface area contributed by atoms with Gasteiger partial charge in [-0.1, -0.05) is 36.4 Å². The highest BCUT2D eigenvalue weighted by molar-refractivity contribution is 5.84. The highest BCUT2D eigenvalue weighted by Gasteiger charge is 2.10. The SMILES string of the molecule is Cc1nn(-c2ccccc2)c(C)c1/C=N/Nc1ccc2ccccc2n1. The van der Waals surface area contributed by atoms with Crippen LogP contribution in [0.25, 0.3) is 16.6 Å². The Kier molecular flexibility index (Phi) is 4.19. The van der Waals surface area contributed by atoms with Gasteiger partial charge in [-0.05, 0) is 44.2 Å². The Labute approximate surface area is 152 Å². The van der Waals surface area contributed by atoms with Crippen LogP contribution in [0.2, 0.25) is 0 Å². The molecular weight excluding hydrogens is 322 g/mol. The number of rotatable bonds is 4. The van der Waals surface area contributed by atoms with Crippen LogP contribution < -0.4 is 5.43 Å². The second-order valence-electron chi connectivity index (χ2n) is 6.09. The van der Waals surface area contributed by atoms with E-state index in [0.717, 1.165) is 33.5 Å². The van der Waals surface area contributed by atoms with Gasteiger partial charge in [-0.25, -0.2) is 9.67 Å². The summed E-state index contributed by atoms with van der Waals surface area (Å²) in [4.78, 5) is 4.56. The summed E-state index contributed by atoms with van der Waals surface area (Å²) in [6.07, 6.45) is 1.80. The van der Waals surface area contributed by atoms with Crippen LogP contribution >= 0.6 is 0 Å². The summed E-state index contributed by atoms with van der Waals surface area (Å²) in [6, 6.07) is 22.1. The first-order valence-corrected chi connectivity index (χ1v) is 8.49. The predicted octanol–water partition coefficient (Wildman–Crippen LogP) is 4.48. The quantitative estimate of drug-likeness (QED) is 0.440.